The van der Waals surface area contributed by atoms with Crippen molar-refractivity contribution in [1.29, 1.82) is 0 Å². The summed E-state index contributed by atoms with van der Waals surface area (Å²) in [5.41, 5.74) is 0.786. The van der Waals surface area contributed by atoms with E-state index in [4.69, 9.17) is 32.7 Å². The van der Waals surface area contributed by atoms with Crippen molar-refractivity contribution in [3.8, 4) is 11.5 Å². The molecule has 1 N–H and O–H groups in total. The van der Waals surface area contributed by atoms with Gasteiger partial charge in [-0.1, -0.05) is 49.0 Å². The third-order valence-electron chi connectivity index (χ3n) is 5.85. The molecular formula is C25H30Cl2N2O4. The Morgan fingerprint density at radius 1 is 1.06 bits per heavy atom. The van der Waals surface area contributed by atoms with Crippen molar-refractivity contribution in [2.45, 2.75) is 57.7 Å². The molecule has 0 saturated heterocycles. The van der Waals surface area contributed by atoms with Gasteiger partial charge in [0.2, 0.25) is 5.91 Å². The summed E-state index contributed by atoms with van der Waals surface area (Å²) >= 11 is 12.2. The van der Waals surface area contributed by atoms with E-state index in [-0.39, 0.29) is 31.0 Å². The molecule has 3 rings (SSSR count). The molecule has 0 unspecified atom stereocenters. The van der Waals surface area contributed by atoms with E-state index in [0.29, 0.717) is 28.0 Å². The van der Waals surface area contributed by atoms with E-state index in [0.717, 1.165) is 31.2 Å². The summed E-state index contributed by atoms with van der Waals surface area (Å²) in [6.07, 6.45) is 4.66. The van der Waals surface area contributed by atoms with Crippen molar-refractivity contribution in [3.63, 3.8) is 0 Å². The van der Waals surface area contributed by atoms with E-state index in [1.807, 2.05) is 6.92 Å². The highest BCUT2D eigenvalue weighted by atomic mass is 35.5. The summed E-state index contributed by atoms with van der Waals surface area (Å²) in [4.78, 5) is 28.0. The Morgan fingerprint density at radius 2 is 1.73 bits per heavy atom. The summed E-state index contributed by atoms with van der Waals surface area (Å²) in [5.74, 6) is 0.819. The monoisotopic (exact) mass is 492 g/mol. The molecule has 0 heterocycles. The standard InChI is InChI=1S/C25H30Cl2N2O4/c1-3-23(25(31)28-18-6-4-5-7-18)29(15-17-8-13-21(26)22(27)14-17)24(30)16-33-20-11-9-19(32-2)10-12-20/h8-14,18,23H,3-7,15-16H2,1-2H3,(H,28,31)/t23-/m1/s1. The van der Waals surface area contributed by atoms with Crippen molar-refractivity contribution < 1.29 is 19.1 Å². The molecule has 1 aliphatic carbocycles. The number of methoxy groups -OCH3 is 1. The van der Waals surface area contributed by atoms with E-state index in [2.05, 4.69) is 5.32 Å². The fourth-order valence-corrected chi connectivity index (χ4v) is 4.34. The normalized spacial score (nSPS) is 14.5. The third kappa shape index (κ3) is 7.02. The topological polar surface area (TPSA) is 67.9 Å². The number of amides is 2. The average Bonchev–Trinajstić information content (AvgIpc) is 3.33. The molecule has 1 fully saturated rings. The lowest BCUT2D eigenvalue weighted by molar-refractivity contribution is -0.143. The molecule has 33 heavy (non-hydrogen) atoms. The molecule has 6 nitrogen and oxygen atoms in total. The van der Waals surface area contributed by atoms with Gasteiger partial charge in [-0.05, 0) is 61.2 Å². The highest BCUT2D eigenvalue weighted by molar-refractivity contribution is 6.42. The number of carbonyl (C=O) groups is 2. The first-order valence-electron chi connectivity index (χ1n) is 11.2. The van der Waals surface area contributed by atoms with Gasteiger partial charge in [-0.3, -0.25) is 9.59 Å². The van der Waals surface area contributed by atoms with Crippen molar-refractivity contribution in [3.05, 3.63) is 58.1 Å². The van der Waals surface area contributed by atoms with Gasteiger partial charge in [0.05, 0.1) is 17.2 Å². The highest BCUT2D eigenvalue weighted by Crippen LogP contribution is 2.25. The van der Waals surface area contributed by atoms with Gasteiger partial charge in [-0.2, -0.15) is 0 Å². The molecule has 1 atom stereocenters. The minimum atomic E-state index is -0.618. The van der Waals surface area contributed by atoms with Gasteiger partial charge in [-0.15, -0.1) is 0 Å². The molecule has 8 heteroatoms. The molecule has 2 amide bonds. The number of nitrogens with zero attached hydrogens (tertiary/aromatic N) is 1. The van der Waals surface area contributed by atoms with Crippen molar-refractivity contribution in [2.75, 3.05) is 13.7 Å². The molecule has 0 aromatic heterocycles. The number of carbonyl (C=O) groups excluding carboxylic acids is 2. The van der Waals surface area contributed by atoms with Crippen molar-refractivity contribution in [1.82, 2.24) is 10.2 Å². The summed E-state index contributed by atoms with van der Waals surface area (Å²) in [7, 11) is 1.59. The lowest BCUT2D eigenvalue weighted by Crippen LogP contribution is -2.52. The van der Waals surface area contributed by atoms with Gasteiger partial charge in [0.15, 0.2) is 6.61 Å². The molecule has 2 aromatic carbocycles. The van der Waals surface area contributed by atoms with Gasteiger partial charge in [0.25, 0.3) is 5.91 Å². The first kappa shape index (κ1) is 25.2. The Labute approximate surface area is 205 Å². The summed E-state index contributed by atoms with van der Waals surface area (Å²) in [5, 5.41) is 3.96. The summed E-state index contributed by atoms with van der Waals surface area (Å²) < 4.78 is 10.9. The Balaban J connectivity index is 1.76. The number of rotatable bonds is 10. The second kappa shape index (κ2) is 12.1. The lowest BCUT2D eigenvalue weighted by atomic mass is 10.1. The van der Waals surface area contributed by atoms with E-state index >= 15 is 0 Å². The van der Waals surface area contributed by atoms with Crippen LogP contribution in [-0.4, -0.2) is 42.5 Å². The van der Waals surface area contributed by atoms with Crippen LogP contribution >= 0.6 is 23.2 Å². The van der Waals surface area contributed by atoms with Crippen LogP contribution < -0.4 is 14.8 Å². The van der Waals surface area contributed by atoms with Crippen molar-refractivity contribution in [2.24, 2.45) is 0 Å². The smallest absolute Gasteiger partial charge is 0.261 e. The molecule has 2 aromatic rings. The number of hydrogen-bond donors (Lipinski definition) is 1. The van der Waals surface area contributed by atoms with E-state index in [1.165, 1.54) is 0 Å². The molecular weight excluding hydrogens is 463 g/mol. The van der Waals surface area contributed by atoms with Crippen LogP contribution in [0.3, 0.4) is 0 Å². The molecule has 0 aliphatic heterocycles. The average molecular weight is 493 g/mol. The van der Waals surface area contributed by atoms with Gasteiger partial charge in [-0.25, -0.2) is 0 Å². The van der Waals surface area contributed by atoms with Crippen LogP contribution in [0.25, 0.3) is 0 Å². The van der Waals surface area contributed by atoms with Gasteiger partial charge in [0, 0.05) is 12.6 Å². The Hall–Kier alpha value is -2.44. The van der Waals surface area contributed by atoms with Crippen molar-refractivity contribution >= 4 is 35.0 Å². The number of nitrogens with one attached hydrogen (secondary N) is 1. The van der Waals surface area contributed by atoms with Crippen LogP contribution in [-0.2, 0) is 16.1 Å². The molecule has 0 spiro atoms. The Kier molecular flexibility index (Phi) is 9.27. The number of ether oxygens (including phenoxy) is 2. The van der Waals surface area contributed by atoms with Crippen LogP contribution in [0.15, 0.2) is 42.5 Å². The number of benzene rings is 2. The van der Waals surface area contributed by atoms with Gasteiger partial charge in [0.1, 0.15) is 17.5 Å². The van der Waals surface area contributed by atoms with Crippen LogP contribution in [0.4, 0.5) is 0 Å². The maximum Gasteiger partial charge on any atom is 0.261 e. The SMILES string of the molecule is CC[C@H](C(=O)NC1CCCC1)N(Cc1ccc(Cl)c(Cl)c1)C(=O)COc1ccc(OC)cc1. The van der Waals surface area contributed by atoms with E-state index < -0.39 is 6.04 Å². The minimum Gasteiger partial charge on any atom is -0.497 e. The lowest BCUT2D eigenvalue weighted by Gasteiger charge is -2.31. The molecule has 178 valence electrons. The maximum absolute atomic E-state index is 13.3. The summed E-state index contributed by atoms with van der Waals surface area (Å²) in [6, 6.07) is 11.8. The van der Waals surface area contributed by atoms with Crippen LogP contribution in [0.2, 0.25) is 10.0 Å². The van der Waals surface area contributed by atoms with Crippen LogP contribution in [0.1, 0.15) is 44.6 Å². The fraction of sp³-hybridized carbons (Fsp3) is 0.440. The zero-order chi connectivity index (χ0) is 23.8. The quantitative estimate of drug-likeness (QED) is 0.491. The third-order valence-corrected chi connectivity index (χ3v) is 6.59. The largest absolute Gasteiger partial charge is 0.497 e. The predicted molar refractivity (Wildman–Crippen MR) is 130 cm³/mol. The predicted octanol–water partition coefficient (Wildman–Crippen LogP) is 5.25. The maximum atomic E-state index is 13.3. The first-order valence-corrected chi connectivity index (χ1v) is 12.0. The second-order valence-electron chi connectivity index (χ2n) is 8.15. The second-order valence-corrected chi connectivity index (χ2v) is 8.96. The van der Waals surface area contributed by atoms with Gasteiger partial charge >= 0.3 is 0 Å². The molecule has 1 saturated carbocycles. The van der Waals surface area contributed by atoms with Crippen LogP contribution in [0, 0.1) is 0 Å². The molecule has 0 radical (unpaired) electrons. The Bertz CT molecular complexity index is 946. The highest BCUT2D eigenvalue weighted by Gasteiger charge is 2.31. The Morgan fingerprint density at radius 3 is 2.33 bits per heavy atom. The zero-order valence-electron chi connectivity index (χ0n) is 19.0. The number of hydrogen-bond acceptors (Lipinski definition) is 4. The zero-order valence-corrected chi connectivity index (χ0v) is 20.5. The summed E-state index contributed by atoms with van der Waals surface area (Å²) in [6.45, 7) is 1.93. The van der Waals surface area contributed by atoms with E-state index in [1.54, 1.807) is 54.5 Å². The minimum absolute atomic E-state index is 0.137. The molecule has 0 bridgehead atoms. The molecule has 1 aliphatic rings. The first-order chi connectivity index (χ1) is 15.9. The number of halogens is 2. The fourth-order valence-electron chi connectivity index (χ4n) is 4.02. The van der Waals surface area contributed by atoms with E-state index in [9.17, 15) is 9.59 Å². The van der Waals surface area contributed by atoms with Gasteiger partial charge < -0.3 is 19.7 Å². The van der Waals surface area contributed by atoms with Crippen LogP contribution in [0.5, 0.6) is 11.5 Å².